The maximum Gasteiger partial charge on any atom is 0.319 e. The van der Waals surface area contributed by atoms with Crippen molar-refractivity contribution in [1.29, 1.82) is 0 Å². The van der Waals surface area contributed by atoms with Gasteiger partial charge in [-0.25, -0.2) is 4.79 Å². The predicted molar refractivity (Wildman–Crippen MR) is 75.4 cm³/mol. The lowest BCUT2D eigenvalue weighted by Gasteiger charge is -2.06. The summed E-state index contributed by atoms with van der Waals surface area (Å²) in [6.07, 6.45) is 4.06. The number of anilines is 1. The van der Waals surface area contributed by atoms with Crippen molar-refractivity contribution in [2.45, 2.75) is 6.42 Å². The Morgan fingerprint density at radius 3 is 3.00 bits per heavy atom. The maximum atomic E-state index is 11.6. The molecule has 1 aromatic heterocycles. The molecule has 100 valence electrons. The zero-order valence-corrected chi connectivity index (χ0v) is 11.3. The van der Waals surface area contributed by atoms with Crippen LogP contribution in [0.1, 0.15) is 5.56 Å². The summed E-state index contributed by atoms with van der Waals surface area (Å²) in [5, 5.41) is 10.2. The Labute approximate surface area is 116 Å². The lowest BCUT2D eigenvalue weighted by atomic mass is 10.1. The fourth-order valence-corrected chi connectivity index (χ4v) is 1.89. The molecule has 1 heterocycles. The molecule has 0 saturated carbocycles. The largest absolute Gasteiger partial charge is 0.338 e. The Balaban J connectivity index is 1.75. The van der Waals surface area contributed by atoms with E-state index in [2.05, 4.69) is 15.7 Å². The summed E-state index contributed by atoms with van der Waals surface area (Å²) in [5.41, 5.74) is 1.76. The molecule has 2 rings (SSSR count). The minimum absolute atomic E-state index is 0.241. The third kappa shape index (κ3) is 4.30. The molecule has 0 radical (unpaired) electrons. The minimum atomic E-state index is -0.241. The number of nitrogens with zero attached hydrogens (tertiary/aromatic N) is 2. The highest BCUT2D eigenvalue weighted by Crippen LogP contribution is 2.10. The second-order valence-electron chi connectivity index (χ2n) is 4.16. The van der Waals surface area contributed by atoms with Gasteiger partial charge in [0.05, 0.1) is 11.9 Å². The number of halogens is 1. The van der Waals surface area contributed by atoms with Crippen molar-refractivity contribution in [3.8, 4) is 0 Å². The summed E-state index contributed by atoms with van der Waals surface area (Å²) in [4.78, 5) is 11.6. The van der Waals surface area contributed by atoms with Gasteiger partial charge in [0, 0.05) is 24.8 Å². The summed E-state index contributed by atoms with van der Waals surface area (Å²) < 4.78 is 1.63. The Morgan fingerprint density at radius 1 is 1.47 bits per heavy atom. The van der Waals surface area contributed by atoms with Gasteiger partial charge in [-0.3, -0.25) is 4.68 Å². The first-order valence-corrected chi connectivity index (χ1v) is 6.29. The standard InChI is InChI=1S/C13H15ClN4O/c1-18-9-12(8-16-18)17-13(19)15-6-5-10-3-2-4-11(14)7-10/h2-4,7-9H,5-6H2,1H3,(H2,15,17,19). The number of carbonyl (C=O) groups is 1. The van der Waals surface area contributed by atoms with Crippen LogP contribution in [0.2, 0.25) is 5.02 Å². The van der Waals surface area contributed by atoms with Crippen LogP contribution in [0.25, 0.3) is 0 Å². The molecule has 0 aliphatic rings. The van der Waals surface area contributed by atoms with E-state index in [9.17, 15) is 4.79 Å². The van der Waals surface area contributed by atoms with Crippen LogP contribution in [0.3, 0.4) is 0 Å². The Kier molecular flexibility index (Phi) is 4.41. The number of aromatic nitrogens is 2. The van der Waals surface area contributed by atoms with Gasteiger partial charge in [0.25, 0.3) is 0 Å². The molecule has 0 spiro atoms. The molecule has 0 aliphatic carbocycles. The first-order chi connectivity index (χ1) is 9.13. The molecule has 0 fully saturated rings. The number of urea groups is 1. The summed E-state index contributed by atoms with van der Waals surface area (Å²) in [6.45, 7) is 0.548. The highest BCUT2D eigenvalue weighted by atomic mass is 35.5. The smallest absolute Gasteiger partial charge is 0.319 e. The van der Waals surface area contributed by atoms with Crippen molar-refractivity contribution in [1.82, 2.24) is 15.1 Å². The monoisotopic (exact) mass is 278 g/mol. The molecule has 2 N–H and O–H groups in total. The lowest BCUT2D eigenvalue weighted by Crippen LogP contribution is -2.30. The van der Waals surface area contributed by atoms with Crippen LogP contribution in [0.5, 0.6) is 0 Å². The summed E-state index contributed by atoms with van der Waals surface area (Å²) in [5.74, 6) is 0. The van der Waals surface area contributed by atoms with Crippen molar-refractivity contribution < 1.29 is 4.79 Å². The Bertz CT molecular complexity index is 567. The molecule has 19 heavy (non-hydrogen) atoms. The number of hydrogen-bond acceptors (Lipinski definition) is 2. The summed E-state index contributed by atoms with van der Waals surface area (Å²) >= 11 is 5.89. The average Bonchev–Trinajstić information content (AvgIpc) is 2.75. The topological polar surface area (TPSA) is 59.0 Å². The van der Waals surface area contributed by atoms with E-state index < -0.39 is 0 Å². The second kappa shape index (κ2) is 6.24. The van der Waals surface area contributed by atoms with E-state index in [0.29, 0.717) is 17.3 Å². The normalized spacial score (nSPS) is 10.2. The molecular weight excluding hydrogens is 264 g/mol. The van der Waals surface area contributed by atoms with Crippen molar-refractivity contribution >= 4 is 23.3 Å². The number of carbonyl (C=O) groups excluding carboxylic acids is 1. The molecule has 0 saturated heterocycles. The number of amides is 2. The SMILES string of the molecule is Cn1cc(NC(=O)NCCc2cccc(Cl)c2)cn1. The summed E-state index contributed by atoms with van der Waals surface area (Å²) in [6, 6.07) is 7.35. The van der Waals surface area contributed by atoms with Crippen LogP contribution >= 0.6 is 11.6 Å². The molecule has 2 amide bonds. The van der Waals surface area contributed by atoms with E-state index in [1.54, 1.807) is 24.1 Å². The molecule has 0 aliphatic heterocycles. The number of benzene rings is 1. The Hall–Kier alpha value is -2.01. The van der Waals surface area contributed by atoms with Gasteiger partial charge in [0.15, 0.2) is 0 Å². The van der Waals surface area contributed by atoms with Gasteiger partial charge in [0.2, 0.25) is 0 Å². The van der Waals surface area contributed by atoms with Gasteiger partial charge in [0.1, 0.15) is 0 Å². The molecule has 2 aromatic rings. The number of hydrogen-bond donors (Lipinski definition) is 2. The summed E-state index contributed by atoms with van der Waals surface area (Å²) in [7, 11) is 1.79. The van der Waals surface area contributed by atoms with E-state index in [0.717, 1.165) is 12.0 Å². The molecule has 0 atom stereocenters. The minimum Gasteiger partial charge on any atom is -0.338 e. The molecule has 1 aromatic carbocycles. The average molecular weight is 279 g/mol. The van der Waals surface area contributed by atoms with Gasteiger partial charge in [-0.2, -0.15) is 5.10 Å². The van der Waals surface area contributed by atoms with Gasteiger partial charge in [-0.1, -0.05) is 23.7 Å². The van der Waals surface area contributed by atoms with E-state index in [1.807, 2.05) is 24.3 Å². The van der Waals surface area contributed by atoms with Crippen LogP contribution in [0, 0.1) is 0 Å². The molecule has 0 bridgehead atoms. The zero-order chi connectivity index (χ0) is 13.7. The zero-order valence-electron chi connectivity index (χ0n) is 10.6. The third-order valence-electron chi connectivity index (χ3n) is 2.55. The van der Waals surface area contributed by atoms with Crippen molar-refractivity contribution in [2.24, 2.45) is 7.05 Å². The first-order valence-electron chi connectivity index (χ1n) is 5.91. The van der Waals surface area contributed by atoms with Crippen molar-refractivity contribution in [2.75, 3.05) is 11.9 Å². The molecule has 0 unspecified atom stereocenters. The molecule has 6 heteroatoms. The van der Waals surface area contributed by atoms with Crippen LogP contribution in [0.15, 0.2) is 36.7 Å². The van der Waals surface area contributed by atoms with Gasteiger partial charge < -0.3 is 10.6 Å². The predicted octanol–water partition coefficient (Wildman–Crippen LogP) is 2.44. The van der Waals surface area contributed by atoms with E-state index in [-0.39, 0.29) is 6.03 Å². The third-order valence-corrected chi connectivity index (χ3v) is 2.79. The van der Waals surface area contributed by atoms with Crippen LogP contribution in [-0.2, 0) is 13.5 Å². The van der Waals surface area contributed by atoms with Gasteiger partial charge in [-0.15, -0.1) is 0 Å². The van der Waals surface area contributed by atoms with Crippen molar-refractivity contribution in [3.63, 3.8) is 0 Å². The molecule has 5 nitrogen and oxygen atoms in total. The highest BCUT2D eigenvalue weighted by Gasteiger charge is 2.02. The van der Waals surface area contributed by atoms with E-state index in [4.69, 9.17) is 11.6 Å². The van der Waals surface area contributed by atoms with E-state index in [1.165, 1.54) is 0 Å². The maximum absolute atomic E-state index is 11.6. The molecular formula is C13H15ClN4O. The second-order valence-corrected chi connectivity index (χ2v) is 4.60. The van der Waals surface area contributed by atoms with Gasteiger partial charge in [-0.05, 0) is 24.1 Å². The quantitative estimate of drug-likeness (QED) is 0.902. The van der Waals surface area contributed by atoms with E-state index >= 15 is 0 Å². The van der Waals surface area contributed by atoms with Crippen molar-refractivity contribution in [3.05, 3.63) is 47.2 Å². The fourth-order valence-electron chi connectivity index (χ4n) is 1.67. The number of aryl methyl sites for hydroxylation is 1. The lowest BCUT2D eigenvalue weighted by molar-refractivity contribution is 0.252. The first kappa shape index (κ1) is 13.4. The highest BCUT2D eigenvalue weighted by molar-refractivity contribution is 6.30. The van der Waals surface area contributed by atoms with Crippen LogP contribution in [0.4, 0.5) is 10.5 Å². The Morgan fingerprint density at radius 2 is 2.32 bits per heavy atom. The number of nitrogens with one attached hydrogen (secondary N) is 2. The number of rotatable bonds is 4. The fraction of sp³-hybridized carbons (Fsp3) is 0.231. The van der Waals surface area contributed by atoms with Crippen LogP contribution < -0.4 is 10.6 Å². The van der Waals surface area contributed by atoms with Gasteiger partial charge >= 0.3 is 6.03 Å². The van der Waals surface area contributed by atoms with Crippen LogP contribution in [-0.4, -0.2) is 22.4 Å².